The molecule has 168 valence electrons. The quantitative estimate of drug-likeness (QED) is 0.319. The molecule has 1 N–H and O–H groups in total. The molecule has 0 spiro atoms. The topological polar surface area (TPSA) is 60.7 Å². The lowest BCUT2D eigenvalue weighted by molar-refractivity contribution is -0.116. The van der Waals surface area contributed by atoms with Gasteiger partial charge in [0.1, 0.15) is 17.1 Å². The number of carbonyl (C=O) groups is 1. The van der Waals surface area contributed by atoms with Gasteiger partial charge in [0.15, 0.2) is 0 Å². The van der Waals surface area contributed by atoms with Gasteiger partial charge < -0.3 is 19.2 Å². The number of ether oxygens (including phenoxy) is 2. The van der Waals surface area contributed by atoms with Gasteiger partial charge in [-0.2, -0.15) is 0 Å². The molecule has 0 bridgehead atoms. The Hall–Kier alpha value is -3.70. The van der Waals surface area contributed by atoms with E-state index in [2.05, 4.69) is 5.32 Å². The van der Waals surface area contributed by atoms with E-state index < -0.39 is 0 Å². The largest absolute Gasteiger partial charge is 0.497 e. The zero-order valence-electron chi connectivity index (χ0n) is 18.6. The molecular weight excluding hydrogens is 438 g/mol. The number of nitrogens with one attached hydrogen (secondary N) is 1. The molecule has 4 aromatic rings. The van der Waals surface area contributed by atoms with Crippen LogP contribution >= 0.6 is 11.6 Å². The van der Waals surface area contributed by atoms with Crippen molar-refractivity contribution in [2.45, 2.75) is 13.5 Å². The van der Waals surface area contributed by atoms with Gasteiger partial charge in [-0.3, -0.25) is 4.79 Å². The summed E-state index contributed by atoms with van der Waals surface area (Å²) in [5.41, 5.74) is 5.20. The first kappa shape index (κ1) is 22.5. The molecule has 0 saturated carbocycles. The van der Waals surface area contributed by atoms with Gasteiger partial charge >= 0.3 is 0 Å². The van der Waals surface area contributed by atoms with Crippen molar-refractivity contribution in [3.05, 3.63) is 89.2 Å². The Kier molecular flexibility index (Phi) is 6.71. The van der Waals surface area contributed by atoms with Crippen LogP contribution in [-0.4, -0.2) is 20.1 Å². The third kappa shape index (κ3) is 5.04. The number of fused-ring (bicyclic) bond motifs is 1. The highest BCUT2D eigenvalue weighted by molar-refractivity contribution is 6.30. The van der Waals surface area contributed by atoms with Crippen molar-refractivity contribution in [3.63, 3.8) is 0 Å². The molecule has 3 aromatic carbocycles. The second kappa shape index (κ2) is 9.84. The molecule has 0 fully saturated rings. The number of furan rings is 1. The van der Waals surface area contributed by atoms with Crippen LogP contribution in [0.3, 0.4) is 0 Å². The Morgan fingerprint density at radius 2 is 1.85 bits per heavy atom. The van der Waals surface area contributed by atoms with E-state index in [1.54, 1.807) is 26.6 Å². The first-order chi connectivity index (χ1) is 16.0. The minimum absolute atomic E-state index is 0.192. The van der Waals surface area contributed by atoms with Gasteiger partial charge in [-0.1, -0.05) is 35.9 Å². The maximum absolute atomic E-state index is 12.6. The molecule has 33 heavy (non-hydrogen) atoms. The zero-order chi connectivity index (χ0) is 23.4. The number of rotatable bonds is 7. The molecule has 1 amide bonds. The third-order valence-electron chi connectivity index (χ3n) is 5.42. The van der Waals surface area contributed by atoms with Gasteiger partial charge in [0.25, 0.3) is 0 Å². The summed E-state index contributed by atoms with van der Waals surface area (Å²) < 4.78 is 16.6. The van der Waals surface area contributed by atoms with Gasteiger partial charge in [0.05, 0.1) is 20.5 Å². The van der Waals surface area contributed by atoms with E-state index >= 15 is 0 Å². The Balaban J connectivity index is 1.61. The van der Waals surface area contributed by atoms with E-state index in [1.807, 2.05) is 67.6 Å². The van der Waals surface area contributed by atoms with Gasteiger partial charge in [0.2, 0.25) is 5.91 Å². The molecule has 0 atom stereocenters. The predicted molar refractivity (Wildman–Crippen MR) is 132 cm³/mol. The lowest BCUT2D eigenvalue weighted by Crippen LogP contribution is -2.20. The van der Waals surface area contributed by atoms with E-state index in [0.717, 1.165) is 39.0 Å². The van der Waals surface area contributed by atoms with E-state index in [1.165, 1.54) is 0 Å². The Bertz CT molecular complexity index is 1320. The summed E-state index contributed by atoms with van der Waals surface area (Å²) >= 11 is 6.03. The van der Waals surface area contributed by atoms with Gasteiger partial charge in [0, 0.05) is 40.2 Å². The first-order valence-electron chi connectivity index (χ1n) is 10.4. The van der Waals surface area contributed by atoms with E-state index in [-0.39, 0.29) is 5.91 Å². The highest BCUT2D eigenvalue weighted by Gasteiger charge is 2.15. The average Bonchev–Trinajstić information content (AvgIpc) is 3.25. The SMILES string of the molecule is COc1cccc(CNC(=O)/C=C(\C)c2cc3c(-c4ccc(Cl)cc4)coc3cc2OC)c1. The van der Waals surface area contributed by atoms with E-state index in [0.29, 0.717) is 22.9 Å². The van der Waals surface area contributed by atoms with Crippen molar-refractivity contribution < 1.29 is 18.7 Å². The number of amides is 1. The number of benzene rings is 3. The summed E-state index contributed by atoms with van der Waals surface area (Å²) in [5.74, 6) is 1.19. The number of carbonyl (C=O) groups excluding carboxylic acids is 1. The van der Waals surface area contributed by atoms with E-state index in [4.69, 9.17) is 25.5 Å². The number of methoxy groups -OCH3 is 2. The van der Waals surface area contributed by atoms with Gasteiger partial charge in [-0.05, 0) is 54.0 Å². The van der Waals surface area contributed by atoms with Crippen molar-refractivity contribution in [1.82, 2.24) is 5.32 Å². The summed E-state index contributed by atoms with van der Waals surface area (Å²) in [6.07, 6.45) is 3.29. The summed E-state index contributed by atoms with van der Waals surface area (Å²) in [6.45, 7) is 2.29. The number of halogens is 1. The van der Waals surface area contributed by atoms with Gasteiger partial charge in [-0.15, -0.1) is 0 Å². The van der Waals surface area contributed by atoms with Crippen LogP contribution in [0.2, 0.25) is 5.02 Å². The molecule has 1 heterocycles. The summed E-state index contributed by atoms with van der Waals surface area (Å²) in [6, 6.07) is 19.0. The molecule has 1 aromatic heterocycles. The second-order valence-corrected chi connectivity index (χ2v) is 8.04. The average molecular weight is 462 g/mol. The maximum Gasteiger partial charge on any atom is 0.244 e. The van der Waals surface area contributed by atoms with Crippen LogP contribution in [0, 0.1) is 0 Å². The fourth-order valence-corrected chi connectivity index (χ4v) is 3.81. The fourth-order valence-electron chi connectivity index (χ4n) is 3.68. The molecule has 0 saturated heterocycles. The fraction of sp³-hybridized carbons (Fsp3) is 0.148. The van der Waals surface area contributed by atoms with Crippen molar-refractivity contribution in [2.24, 2.45) is 0 Å². The summed E-state index contributed by atoms with van der Waals surface area (Å²) in [4.78, 5) is 12.6. The Morgan fingerprint density at radius 3 is 2.58 bits per heavy atom. The molecular formula is C27H24ClNO4. The zero-order valence-corrected chi connectivity index (χ0v) is 19.4. The molecule has 4 rings (SSSR count). The normalized spacial score (nSPS) is 11.5. The smallest absolute Gasteiger partial charge is 0.244 e. The van der Waals surface area contributed by atoms with Crippen LogP contribution in [0.25, 0.3) is 27.7 Å². The Morgan fingerprint density at radius 1 is 1.06 bits per heavy atom. The monoisotopic (exact) mass is 461 g/mol. The summed E-state index contributed by atoms with van der Waals surface area (Å²) in [5, 5.41) is 4.52. The Labute approximate surface area is 197 Å². The molecule has 0 aliphatic heterocycles. The third-order valence-corrected chi connectivity index (χ3v) is 5.68. The minimum atomic E-state index is -0.192. The molecule has 6 heteroatoms. The molecule has 0 aliphatic rings. The lowest BCUT2D eigenvalue weighted by Gasteiger charge is -2.10. The van der Waals surface area contributed by atoms with Crippen molar-refractivity contribution in [2.75, 3.05) is 14.2 Å². The number of hydrogen-bond donors (Lipinski definition) is 1. The predicted octanol–water partition coefficient (Wildman–Crippen LogP) is 6.49. The maximum atomic E-state index is 12.6. The lowest BCUT2D eigenvalue weighted by atomic mass is 9.99. The molecule has 5 nitrogen and oxygen atoms in total. The van der Waals surface area contributed by atoms with Crippen molar-refractivity contribution >= 4 is 34.1 Å². The van der Waals surface area contributed by atoms with Crippen molar-refractivity contribution in [3.8, 4) is 22.6 Å². The van der Waals surface area contributed by atoms with Gasteiger partial charge in [-0.25, -0.2) is 0 Å². The minimum Gasteiger partial charge on any atom is -0.497 e. The highest BCUT2D eigenvalue weighted by atomic mass is 35.5. The molecule has 0 radical (unpaired) electrons. The van der Waals surface area contributed by atoms with Crippen LogP contribution in [0.15, 0.2) is 77.4 Å². The van der Waals surface area contributed by atoms with E-state index in [9.17, 15) is 4.79 Å². The van der Waals surface area contributed by atoms with Crippen molar-refractivity contribution in [1.29, 1.82) is 0 Å². The number of allylic oxidation sites excluding steroid dienone is 1. The van der Waals surface area contributed by atoms with Crippen LogP contribution in [0.1, 0.15) is 18.1 Å². The standard InChI is InChI=1S/C27H24ClNO4/c1-17(11-27(30)29-15-18-5-4-6-21(12-18)31-2)22-13-23-24(19-7-9-20(28)10-8-19)16-33-26(23)14-25(22)32-3/h4-14,16H,15H2,1-3H3,(H,29,30)/b17-11+. The highest BCUT2D eigenvalue weighted by Crippen LogP contribution is 2.37. The first-order valence-corrected chi connectivity index (χ1v) is 10.8. The molecule has 0 aliphatic carbocycles. The molecule has 0 unspecified atom stereocenters. The number of hydrogen-bond acceptors (Lipinski definition) is 4. The van der Waals surface area contributed by atoms with Crippen LogP contribution in [-0.2, 0) is 11.3 Å². The summed E-state index contributed by atoms with van der Waals surface area (Å²) in [7, 11) is 3.22. The van der Waals surface area contributed by atoms with Crippen LogP contribution in [0.5, 0.6) is 11.5 Å². The second-order valence-electron chi connectivity index (χ2n) is 7.60. The van der Waals surface area contributed by atoms with Crippen LogP contribution in [0.4, 0.5) is 0 Å². The van der Waals surface area contributed by atoms with Crippen LogP contribution < -0.4 is 14.8 Å².